The monoisotopic (exact) mass is 258 g/mol. The van der Waals surface area contributed by atoms with Gasteiger partial charge in [0, 0.05) is 10.6 Å². The van der Waals surface area contributed by atoms with E-state index in [2.05, 4.69) is 26.0 Å². The molecular formula is C16H15ClO. The molecule has 0 spiro atoms. The predicted octanol–water partition coefficient (Wildman–Crippen LogP) is 4.94. The fourth-order valence-electron chi connectivity index (χ4n) is 1.93. The van der Waals surface area contributed by atoms with Gasteiger partial charge in [-0.2, -0.15) is 0 Å². The van der Waals surface area contributed by atoms with E-state index in [0.717, 1.165) is 17.4 Å². The van der Waals surface area contributed by atoms with Crippen LogP contribution in [-0.2, 0) is 0 Å². The SMILES string of the molecule is CC(C)c1ccc(-c2cc(Cl)ccc2C=O)cc1. The molecule has 0 N–H and O–H groups in total. The summed E-state index contributed by atoms with van der Waals surface area (Å²) in [6, 6.07) is 13.6. The Morgan fingerprint density at radius 2 is 1.72 bits per heavy atom. The molecule has 2 heteroatoms. The summed E-state index contributed by atoms with van der Waals surface area (Å²) in [5.41, 5.74) is 3.85. The fourth-order valence-corrected chi connectivity index (χ4v) is 2.10. The van der Waals surface area contributed by atoms with Gasteiger partial charge in [0.05, 0.1) is 0 Å². The third-order valence-electron chi connectivity index (χ3n) is 3.03. The van der Waals surface area contributed by atoms with E-state index in [9.17, 15) is 4.79 Å². The van der Waals surface area contributed by atoms with Gasteiger partial charge in [-0.3, -0.25) is 4.79 Å². The highest BCUT2D eigenvalue weighted by Crippen LogP contribution is 2.27. The first kappa shape index (κ1) is 12.8. The van der Waals surface area contributed by atoms with Crippen LogP contribution in [0.3, 0.4) is 0 Å². The zero-order valence-electron chi connectivity index (χ0n) is 10.5. The summed E-state index contributed by atoms with van der Waals surface area (Å²) < 4.78 is 0. The van der Waals surface area contributed by atoms with Crippen LogP contribution in [0.1, 0.15) is 35.7 Å². The lowest BCUT2D eigenvalue weighted by Crippen LogP contribution is -1.90. The van der Waals surface area contributed by atoms with Crippen LogP contribution in [0.5, 0.6) is 0 Å². The third kappa shape index (κ3) is 2.62. The summed E-state index contributed by atoms with van der Waals surface area (Å²) in [5.74, 6) is 0.504. The minimum atomic E-state index is 0.504. The smallest absolute Gasteiger partial charge is 0.150 e. The van der Waals surface area contributed by atoms with Crippen molar-refractivity contribution in [3.8, 4) is 11.1 Å². The van der Waals surface area contributed by atoms with Crippen molar-refractivity contribution < 1.29 is 4.79 Å². The summed E-state index contributed by atoms with van der Waals surface area (Å²) in [6.07, 6.45) is 0.863. The maximum absolute atomic E-state index is 11.0. The maximum Gasteiger partial charge on any atom is 0.150 e. The molecular weight excluding hydrogens is 244 g/mol. The summed E-state index contributed by atoms with van der Waals surface area (Å²) in [4.78, 5) is 11.0. The number of benzene rings is 2. The molecule has 92 valence electrons. The van der Waals surface area contributed by atoms with E-state index in [0.29, 0.717) is 16.5 Å². The first-order chi connectivity index (χ1) is 8.61. The van der Waals surface area contributed by atoms with Gasteiger partial charge in [0.25, 0.3) is 0 Å². The highest BCUT2D eigenvalue weighted by molar-refractivity contribution is 6.31. The van der Waals surface area contributed by atoms with Crippen molar-refractivity contribution in [2.45, 2.75) is 19.8 Å². The van der Waals surface area contributed by atoms with Crippen LogP contribution in [0.2, 0.25) is 5.02 Å². The molecule has 0 heterocycles. The third-order valence-corrected chi connectivity index (χ3v) is 3.27. The van der Waals surface area contributed by atoms with Crippen LogP contribution < -0.4 is 0 Å². The highest BCUT2D eigenvalue weighted by Gasteiger charge is 2.06. The van der Waals surface area contributed by atoms with Crippen LogP contribution in [0.15, 0.2) is 42.5 Å². The van der Waals surface area contributed by atoms with Gasteiger partial charge < -0.3 is 0 Å². The molecule has 2 aromatic carbocycles. The molecule has 1 nitrogen and oxygen atoms in total. The highest BCUT2D eigenvalue weighted by atomic mass is 35.5. The van der Waals surface area contributed by atoms with Crippen molar-refractivity contribution in [3.63, 3.8) is 0 Å². The number of aldehydes is 1. The van der Waals surface area contributed by atoms with Gasteiger partial charge >= 0.3 is 0 Å². The molecule has 0 radical (unpaired) electrons. The lowest BCUT2D eigenvalue weighted by atomic mass is 9.96. The minimum absolute atomic E-state index is 0.504. The summed E-state index contributed by atoms with van der Waals surface area (Å²) in [6.45, 7) is 4.32. The Bertz CT molecular complexity index is 556. The van der Waals surface area contributed by atoms with Gasteiger partial charge in [0.15, 0.2) is 6.29 Å². The predicted molar refractivity (Wildman–Crippen MR) is 76.4 cm³/mol. The molecule has 0 aliphatic carbocycles. The van der Waals surface area contributed by atoms with Gasteiger partial charge in [-0.1, -0.05) is 49.7 Å². The van der Waals surface area contributed by atoms with E-state index in [1.54, 1.807) is 12.1 Å². The summed E-state index contributed by atoms with van der Waals surface area (Å²) >= 11 is 5.99. The lowest BCUT2D eigenvalue weighted by Gasteiger charge is -2.09. The Kier molecular flexibility index (Phi) is 3.83. The van der Waals surface area contributed by atoms with Gasteiger partial charge in [0.2, 0.25) is 0 Å². The number of carbonyl (C=O) groups excluding carboxylic acids is 1. The van der Waals surface area contributed by atoms with Crippen LogP contribution in [0, 0.1) is 0 Å². The Hall–Kier alpha value is -1.60. The molecule has 0 amide bonds. The Labute approximate surface area is 112 Å². The number of rotatable bonds is 3. The van der Waals surface area contributed by atoms with Crippen LogP contribution >= 0.6 is 11.6 Å². The van der Waals surface area contributed by atoms with Crippen molar-refractivity contribution in [2.24, 2.45) is 0 Å². The average Bonchev–Trinajstić information content (AvgIpc) is 2.39. The molecule has 0 unspecified atom stereocenters. The molecule has 0 aromatic heterocycles. The zero-order valence-corrected chi connectivity index (χ0v) is 11.2. The second kappa shape index (κ2) is 5.36. The molecule has 18 heavy (non-hydrogen) atoms. The molecule has 0 bridgehead atoms. The lowest BCUT2D eigenvalue weighted by molar-refractivity contribution is 0.112. The van der Waals surface area contributed by atoms with Gasteiger partial charge in [0.1, 0.15) is 0 Å². The van der Waals surface area contributed by atoms with E-state index < -0.39 is 0 Å². The van der Waals surface area contributed by atoms with Crippen molar-refractivity contribution in [1.82, 2.24) is 0 Å². The van der Waals surface area contributed by atoms with Gasteiger partial charge in [-0.05, 0) is 40.8 Å². The Balaban J connectivity index is 2.48. The molecule has 0 fully saturated rings. The van der Waals surface area contributed by atoms with E-state index >= 15 is 0 Å². The van der Waals surface area contributed by atoms with Crippen LogP contribution in [-0.4, -0.2) is 6.29 Å². The standard InChI is InChI=1S/C16H15ClO/c1-11(2)12-3-5-13(6-4-12)16-9-15(17)8-7-14(16)10-18/h3-11H,1-2H3. The van der Waals surface area contributed by atoms with Crippen LogP contribution in [0.25, 0.3) is 11.1 Å². The quantitative estimate of drug-likeness (QED) is 0.713. The largest absolute Gasteiger partial charge is 0.298 e. The van der Waals surface area contributed by atoms with E-state index in [1.165, 1.54) is 5.56 Å². The van der Waals surface area contributed by atoms with E-state index in [-0.39, 0.29) is 0 Å². The topological polar surface area (TPSA) is 17.1 Å². The van der Waals surface area contributed by atoms with E-state index in [4.69, 9.17) is 11.6 Å². The molecule has 0 saturated carbocycles. The molecule has 0 aliphatic heterocycles. The number of carbonyl (C=O) groups is 1. The van der Waals surface area contributed by atoms with Crippen molar-refractivity contribution >= 4 is 17.9 Å². The molecule has 0 saturated heterocycles. The zero-order chi connectivity index (χ0) is 13.1. The second-order valence-electron chi connectivity index (χ2n) is 4.63. The fraction of sp³-hybridized carbons (Fsp3) is 0.188. The number of hydrogen-bond donors (Lipinski definition) is 0. The maximum atomic E-state index is 11.0. The molecule has 0 aliphatic rings. The molecule has 2 aromatic rings. The minimum Gasteiger partial charge on any atom is -0.298 e. The van der Waals surface area contributed by atoms with E-state index in [1.807, 2.05) is 18.2 Å². The summed E-state index contributed by atoms with van der Waals surface area (Å²) in [7, 11) is 0. The Morgan fingerprint density at radius 1 is 1.06 bits per heavy atom. The number of hydrogen-bond acceptors (Lipinski definition) is 1. The second-order valence-corrected chi connectivity index (χ2v) is 5.06. The molecule has 2 rings (SSSR count). The average molecular weight is 259 g/mol. The molecule has 0 atom stereocenters. The van der Waals surface area contributed by atoms with Crippen molar-refractivity contribution in [3.05, 3.63) is 58.6 Å². The Morgan fingerprint density at radius 3 is 2.28 bits per heavy atom. The van der Waals surface area contributed by atoms with Crippen molar-refractivity contribution in [2.75, 3.05) is 0 Å². The first-order valence-electron chi connectivity index (χ1n) is 5.97. The first-order valence-corrected chi connectivity index (χ1v) is 6.34. The van der Waals surface area contributed by atoms with Crippen molar-refractivity contribution in [1.29, 1.82) is 0 Å². The van der Waals surface area contributed by atoms with Gasteiger partial charge in [-0.25, -0.2) is 0 Å². The summed E-state index contributed by atoms with van der Waals surface area (Å²) in [5, 5.41) is 0.642. The number of halogens is 1. The van der Waals surface area contributed by atoms with Crippen LogP contribution in [0.4, 0.5) is 0 Å². The normalized spacial score (nSPS) is 10.7. The van der Waals surface area contributed by atoms with Gasteiger partial charge in [-0.15, -0.1) is 0 Å².